The minimum atomic E-state index is -0.158. The molecule has 124 valence electrons. The summed E-state index contributed by atoms with van der Waals surface area (Å²) in [5, 5.41) is 2.76. The lowest BCUT2D eigenvalue weighted by atomic mass is 10.0. The smallest absolute Gasteiger partial charge is 0.267 e. The first-order valence-electron chi connectivity index (χ1n) is 8.01. The van der Waals surface area contributed by atoms with Gasteiger partial charge in [-0.05, 0) is 51.8 Å². The molecule has 2 aromatic heterocycles. The Kier molecular flexibility index (Phi) is 4.01. The maximum absolute atomic E-state index is 13.4. The van der Waals surface area contributed by atoms with E-state index < -0.39 is 0 Å². The molecule has 0 bridgehead atoms. The Morgan fingerprint density at radius 3 is 2.76 bits per heavy atom. The van der Waals surface area contributed by atoms with E-state index in [0.29, 0.717) is 23.6 Å². The van der Waals surface area contributed by atoms with Gasteiger partial charge in [0, 0.05) is 22.3 Å². The molecule has 0 fully saturated rings. The lowest BCUT2D eigenvalue weighted by Gasteiger charge is -2.13. The average molecular weight is 395 g/mol. The number of hydrogen-bond donors (Lipinski definition) is 0. The predicted octanol–water partition coefficient (Wildman–Crippen LogP) is 5.04. The molecule has 0 radical (unpaired) electrons. The molecular formula is C20H15BrN2O2. The molecule has 25 heavy (non-hydrogen) atoms. The SMILES string of the molecule is CCOc1ccc2ccccc2c1C(=O)n1cc(Br)c2cccnc21. The Balaban J connectivity index is 1.99. The highest BCUT2D eigenvalue weighted by molar-refractivity contribution is 9.10. The Bertz CT molecular complexity index is 1100. The standard InChI is InChI=1S/C20H15BrN2O2/c1-2-25-17-10-9-13-6-3-4-7-14(13)18(17)20(24)23-12-16(21)15-8-5-11-22-19(15)23/h3-12H,2H2,1H3. The zero-order chi connectivity index (χ0) is 17.4. The maximum atomic E-state index is 13.4. The van der Waals surface area contributed by atoms with E-state index in [-0.39, 0.29) is 5.91 Å². The van der Waals surface area contributed by atoms with E-state index in [1.54, 1.807) is 17.0 Å². The number of carbonyl (C=O) groups excluding carboxylic acids is 1. The van der Waals surface area contributed by atoms with Crippen LogP contribution < -0.4 is 4.74 Å². The van der Waals surface area contributed by atoms with Gasteiger partial charge in [0.05, 0.1) is 12.2 Å². The monoisotopic (exact) mass is 394 g/mol. The van der Waals surface area contributed by atoms with Gasteiger partial charge in [-0.3, -0.25) is 9.36 Å². The van der Waals surface area contributed by atoms with Crippen molar-refractivity contribution in [3.8, 4) is 5.75 Å². The number of rotatable bonds is 3. The Morgan fingerprint density at radius 2 is 1.92 bits per heavy atom. The molecule has 2 heterocycles. The lowest BCUT2D eigenvalue weighted by molar-refractivity contribution is 0.0962. The summed E-state index contributed by atoms with van der Waals surface area (Å²) in [6.45, 7) is 2.40. The van der Waals surface area contributed by atoms with Crippen molar-refractivity contribution in [3.05, 3.63) is 71.0 Å². The first kappa shape index (κ1) is 15.8. The van der Waals surface area contributed by atoms with Crippen molar-refractivity contribution < 1.29 is 9.53 Å². The van der Waals surface area contributed by atoms with Crippen LogP contribution in [0.1, 0.15) is 17.3 Å². The minimum absolute atomic E-state index is 0.158. The maximum Gasteiger partial charge on any atom is 0.267 e. The van der Waals surface area contributed by atoms with Gasteiger partial charge in [0.25, 0.3) is 5.91 Å². The number of nitrogens with zero attached hydrogens (tertiary/aromatic N) is 2. The third kappa shape index (κ3) is 2.61. The van der Waals surface area contributed by atoms with Crippen molar-refractivity contribution >= 4 is 43.6 Å². The fraction of sp³-hybridized carbons (Fsp3) is 0.100. The molecule has 0 atom stereocenters. The van der Waals surface area contributed by atoms with E-state index >= 15 is 0 Å². The molecule has 0 saturated heterocycles. The van der Waals surface area contributed by atoms with Crippen LogP contribution in [0.4, 0.5) is 0 Å². The van der Waals surface area contributed by atoms with Crippen LogP contribution in [-0.4, -0.2) is 22.1 Å². The summed E-state index contributed by atoms with van der Waals surface area (Å²) in [6, 6.07) is 15.4. The largest absolute Gasteiger partial charge is 0.493 e. The third-order valence-electron chi connectivity index (χ3n) is 4.14. The fourth-order valence-electron chi connectivity index (χ4n) is 3.04. The molecular weight excluding hydrogens is 380 g/mol. The molecule has 4 nitrogen and oxygen atoms in total. The van der Waals surface area contributed by atoms with Crippen LogP contribution in [0.5, 0.6) is 5.75 Å². The summed E-state index contributed by atoms with van der Waals surface area (Å²) in [7, 11) is 0. The van der Waals surface area contributed by atoms with E-state index in [0.717, 1.165) is 20.6 Å². The Labute approximate surface area is 153 Å². The van der Waals surface area contributed by atoms with Gasteiger partial charge in [-0.25, -0.2) is 4.98 Å². The number of hydrogen-bond acceptors (Lipinski definition) is 3. The van der Waals surface area contributed by atoms with Crippen molar-refractivity contribution in [1.29, 1.82) is 0 Å². The lowest BCUT2D eigenvalue weighted by Crippen LogP contribution is -2.14. The van der Waals surface area contributed by atoms with Crippen molar-refractivity contribution in [2.45, 2.75) is 6.92 Å². The van der Waals surface area contributed by atoms with Gasteiger partial charge < -0.3 is 4.74 Å². The molecule has 2 aromatic carbocycles. The third-order valence-corrected chi connectivity index (χ3v) is 4.77. The first-order chi connectivity index (χ1) is 12.2. The summed E-state index contributed by atoms with van der Waals surface area (Å²) in [6.07, 6.45) is 3.45. The van der Waals surface area contributed by atoms with Crippen LogP contribution in [0, 0.1) is 0 Å². The molecule has 0 saturated carbocycles. The Hall–Kier alpha value is -2.66. The zero-order valence-electron chi connectivity index (χ0n) is 13.6. The zero-order valence-corrected chi connectivity index (χ0v) is 15.2. The molecule has 5 heteroatoms. The van der Waals surface area contributed by atoms with Gasteiger partial charge >= 0.3 is 0 Å². The second-order valence-electron chi connectivity index (χ2n) is 5.62. The van der Waals surface area contributed by atoms with Crippen LogP contribution in [-0.2, 0) is 0 Å². The van der Waals surface area contributed by atoms with Crippen LogP contribution in [0.3, 0.4) is 0 Å². The van der Waals surface area contributed by atoms with Gasteiger partial charge in [0.15, 0.2) is 0 Å². The highest BCUT2D eigenvalue weighted by Gasteiger charge is 2.21. The number of pyridine rings is 1. The normalized spacial score (nSPS) is 11.1. The van der Waals surface area contributed by atoms with E-state index in [9.17, 15) is 4.79 Å². The minimum Gasteiger partial charge on any atom is -0.493 e. The fourth-order valence-corrected chi connectivity index (χ4v) is 3.56. The summed E-state index contributed by atoms with van der Waals surface area (Å²) in [5.41, 5.74) is 1.17. The summed E-state index contributed by atoms with van der Waals surface area (Å²) >= 11 is 3.51. The number of carbonyl (C=O) groups is 1. The van der Waals surface area contributed by atoms with E-state index in [2.05, 4.69) is 20.9 Å². The van der Waals surface area contributed by atoms with Crippen LogP contribution >= 0.6 is 15.9 Å². The number of aromatic nitrogens is 2. The second-order valence-corrected chi connectivity index (χ2v) is 6.47. The van der Waals surface area contributed by atoms with E-state index in [1.165, 1.54) is 0 Å². The number of benzene rings is 2. The molecule has 0 N–H and O–H groups in total. The average Bonchev–Trinajstić information content (AvgIpc) is 2.98. The molecule has 0 spiro atoms. The molecule has 0 unspecified atom stereocenters. The molecule has 0 aliphatic heterocycles. The number of ether oxygens (including phenoxy) is 1. The van der Waals surface area contributed by atoms with Crippen molar-refractivity contribution in [2.24, 2.45) is 0 Å². The second kappa shape index (κ2) is 6.33. The van der Waals surface area contributed by atoms with Crippen molar-refractivity contribution in [1.82, 2.24) is 9.55 Å². The van der Waals surface area contributed by atoms with Gasteiger partial charge in [0.1, 0.15) is 11.4 Å². The van der Waals surface area contributed by atoms with Crippen LogP contribution in [0.15, 0.2) is 65.4 Å². The quantitative estimate of drug-likeness (QED) is 0.488. The topological polar surface area (TPSA) is 44.1 Å². The molecule has 4 aromatic rings. The van der Waals surface area contributed by atoms with Gasteiger partial charge in [-0.1, -0.05) is 30.3 Å². The summed E-state index contributed by atoms with van der Waals surface area (Å²) < 4.78 is 8.15. The van der Waals surface area contributed by atoms with Crippen molar-refractivity contribution in [3.63, 3.8) is 0 Å². The molecule has 0 amide bonds. The first-order valence-corrected chi connectivity index (χ1v) is 8.81. The summed E-state index contributed by atoms with van der Waals surface area (Å²) in [4.78, 5) is 17.8. The number of fused-ring (bicyclic) bond motifs is 2. The summed E-state index contributed by atoms with van der Waals surface area (Å²) in [5.74, 6) is 0.426. The van der Waals surface area contributed by atoms with Crippen LogP contribution in [0.2, 0.25) is 0 Å². The van der Waals surface area contributed by atoms with Gasteiger partial charge in [-0.15, -0.1) is 0 Å². The molecule has 0 aliphatic carbocycles. The molecule has 0 aliphatic rings. The predicted molar refractivity (Wildman–Crippen MR) is 102 cm³/mol. The highest BCUT2D eigenvalue weighted by atomic mass is 79.9. The Morgan fingerprint density at radius 1 is 1.12 bits per heavy atom. The molecule has 4 rings (SSSR count). The van der Waals surface area contributed by atoms with Crippen LogP contribution in [0.25, 0.3) is 21.8 Å². The van der Waals surface area contributed by atoms with E-state index in [1.807, 2.05) is 55.5 Å². The van der Waals surface area contributed by atoms with Crippen molar-refractivity contribution in [2.75, 3.05) is 6.61 Å². The van der Waals surface area contributed by atoms with Gasteiger partial charge in [0.2, 0.25) is 0 Å². The van der Waals surface area contributed by atoms with E-state index in [4.69, 9.17) is 4.74 Å². The number of halogens is 1. The van der Waals surface area contributed by atoms with Gasteiger partial charge in [-0.2, -0.15) is 0 Å². The highest BCUT2D eigenvalue weighted by Crippen LogP contribution is 2.31.